The zero-order valence-electron chi connectivity index (χ0n) is 14.1. The van der Waals surface area contributed by atoms with Crippen molar-refractivity contribution in [2.75, 3.05) is 31.6 Å². The lowest BCUT2D eigenvalue weighted by Crippen LogP contribution is -2.37. The van der Waals surface area contributed by atoms with Crippen molar-refractivity contribution in [2.45, 2.75) is 39.2 Å². The summed E-state index contributed by atoms with van der Waals surface area (Å²) in [6.07, 6.45) is -0.370. The number of carbonyl (C=O) groups excluding carboxylic acids is 1. The number of nitrogens with zero attached hydrogens (tertiary/aromatic N) is 1. The van der Waals surface area contributed by atoms with Crippen LogP contribution in [-0.4, -0.2) is 38.4 Å². The molecule has 1 aromatic rings. The monoisotopic (exact) mass is 306 g/mol. The van der Waals surface area contributed by atoms with E-state index in [4.69, 9.17) is 9.47 Å². The lowest BCUT2D eigenvalue weighted by molar-refractivity contribution is 0.0529. The largest absolute Gasteiger partial charge is 0.497 e. The van der Waals surface area contributed by atoms with Crippen LogP contribution >= 0.6 is 0 Å². The van der Waals surface area contributed by atoms with Gasteiger partial charge in [0.15, 0.2) is 0 Å². The zero-order chi connectivity index (χ0) is 16.3. The normalized spacial score (nSPS) is 17.1. The second-order valence-electron chi connectivity index (χ2n) is 6.70. The van der Waals surface area contributed by atoms with Crippen LogP contribution in [0.3, 0.4) is 0 Å². The van der Waals surface area contributed by atoms with Gasteiger partial charge in [-0.15, -0.1) is 0 Å². The number of ether oxygens (including phenoxy) is 2. The van der Waals surface area contributed by atoms with Gasteiger partial charge in [0.05, 0.1) is 7.11 Å². The van der Waals surface area contributed by atoms with Crippen molar-refractivity contribution in [3.8, 4) is 5.75 Å². The molecule has 0 bridgehead atoms. The minimum atomic E-state index is -0.466. The number of alkyl carbamates (subject to hydrolysis) is 1. The molecule has 122 valence electrons. The van der Waals surface area contributed by atoms with E-state index in [1.165, 1.54) is 11.3 Å². The zero-order valence-corrected chi connectivity index (χ0v) is 14.1. The van der Waals surface area contributed by atoms with Crippen LogP contribution in [0.5, 0.6) is 5.75 Å². The van der Waals surface area contributed by atoms with Crippen LogP contribution in [0.2, 0.25) is 0 Å². The Morgan fingerprint density at radius 1 is 1.41 bits per heavy atom. The molecule has 5 heteroatoms. The number of hydrogen-bond donors (Lipinski definition) is 1. The van der Waals surface area contributed by atoms with Gasteiger partial charge >= 0.3 is 6.09 Å². The SMILES string of the molecule is COc1ccc2c(c1)N(CCNC(=O)OC(C)(C)C)CC2C. The number of rotatable bonds is 4. The molecule has 1 aliphatic heterocycles. The molecule has 0 saturated carbocycles. The Bertz CT molecular complexity index is 537. The van der Waals surface area contributed by atoms with E-state index < -0.39 is 5.60 Å². The molecule has 0 aromatic heterocycles. The minimum absolute atomic E-state index is 0.370. The number of anilines is 1. The average Bonchev–Trinajstić information content (AvgIpc) is 2.73. The van der Waals surface area contributed by atoms with Gasteiger partial charge < -0.3 is 19.7 Å². The Labute approximate surface area is 132 Å². The molecule has 1 aliphatic rings. The maximum absolute atomic E-state index is 11.7. The van der Waals surface area contributed by atoms with E-state index >= 15 is 0 Å². The molecule has 5 nitrogen and oxygen atoms in total. The van der Waals surface area contributed by atoms with E-state index in [0.717, 1.165) is 18.8 Å². The van der Waals surface area contributed by atoms with Gasteiger partial charge in [-0.2, -0.15) is 0 Å². The lowest BCUT2D eigenvalue weighted by atomic mass is 10.0. The lowest BCUT2D eigenvalue weighted by Gasteiger charge is -2.22. The molecule has 22 heavy (non-hydrogen) atoms. The summed E-state index contributed by atoms with van der Waals surface area (Å²) < 4.78 is 10.5. The highest BCUT2D eigenvalue weighted by Crippen LogP contribution is 2.37. The first kappa shape index (κ1) is 16.5. The van der Waals surface area contributed by atoms with Gasteiger partial charge in [0.1, 0.15) is 11.4 Å². The highest BCUT2D eigenvalue weighted by molar-refractivity contribution is 5.68. The third-order valence-electron chi connectivity index (χ3n) is 3.65. The summed E-state index contributed by atoms with van der Waals surface area (Å²) in [5, 5.41) is 2.81. The van der Waals surface area contributed by atoms with E-state index in [9.17, 15) is 4.79 Å². The first-order valence-electron chi connectivity index (χ1n) is 7.70. The Balaban J connectivity index is 1.92. The van der Waals surface area contributed by atoms with Crippen LogP contribution in [0.4, 0.5) is 10.5 Å². The first-order chi connectivity index (χ1) is 10.3. The summed E-state index contributed by atoms with van der Waals surface area (Å²) in [6.45, 7) is 10.1. The topological polar surface area (TPSA) is 50.8 Å². The molecule has 2 rings (SSSR count). The molecular weight excluding hydrogens is 280 g/mol. The average molecular weight is 306 g/mol. The predicted molar refractivity (Wildman–Crippen MR) is 87.9 cm³/mol. The molecule has 0 radical (unpaired) electrons. The third kappa shape index (κ3) is 4.06. The van der Waals surface area contributed by atoms with Crippen molar-refractivity contribution in [1.82, 2.24) is 5.32 Å². The molecule has 1 heterocycles. The quantitative estimate of drug-likeness (QED) is 0.928. The maximum Gasteiger partial charge on any atom is 0.407 e. The maximum atomic E-state index is 11.7. The summed E-state index contributed by atoms with van der Waals surface area (Å²) in [4.78, 5) is 13.9. The van der Waals surface area contributed by atoms with Crippen molar-refractivity contribution >= 4 is 11.8 Å². The Morgan fingerprint density at radius 2 is 2.14 bits per heavy atom. The first-order valence-corrected chi connectivity index (χ1v) is 7.70. The molecule has 1 unspecified atom stereocenters. The van der Waals surface area contributed by atoms with Crippen molar-refractivity contribution in [2.24, 2.45) is 0 Å². The number of amides is 1. The molecule has 1 N–H and O–H groups in total. The van der Waals surface area contributed by atoms with E-state index in [0.29, 0.717) is 12.5 Å². The summed E-state index contributed by atoms with van der Waals surface area (Å²) in [5.41, 5.74) is 2.06. The van der Waals surface area contributed by atoms with E-state index in [-0.39, 0.29) is 6.09 Å². The number of carbonyl (C=O) groups is 1. The smallest absolute Gasteiger partial charge is 0.407 e. The molecule has 1 amide bonds. The number of benzene rings is 1. The predicted octanol–water partition coefficient (Wildman–Crippen LogP) is 3.14. The van der Waals surface area contributed by atoms with Crippen molar-refractivity contribution < 1.29 is 14.3 Å². The van der Waals surface area contributed by atoms with E-state index in [1.54, 1.807) is 7.11 Å². The number of hydrogen-bond acceptors (Lipinski definition) is 4. The van der Waals surface area contributed by atoms with Gasteiger partial charge in [0.25, 0.3) is 0 Å². The summed E-state index contributed by atoms with van der Waals surface area (Å²) in [6, 6.07) is 6.18. The van der Waals surface area contributed by atoms with Crippen LogP contribution in [0, 0.1) is 0 Å². The van der Waals surface area contributed by atoms with E-state index in [1.807, 2.05) is 26.8 Å². The summed E-state index contributed by atoms with van der Waals surface area (Å²) in [7, 11) is 1.68. The Kier molecular flexibility index (Phi) is 4.84. The molecule has 0 aliphatic carbocycles. The van der Waals surface area contributed by atoms with Crippen LogP contribution in [0.15, 0.2) is 18.2 Å². The molecule has 0 saturated heterocycles. The highest BCUT2D eigenvalue weighted by Gasteiger charge is 2.25. The molecule has 0 spiro atoms. The van der Waals surface area contributed by atoms with Crippen molar-refractivity contribution in [1.29, 1.82) is 0 Å². The van der Waals surface area contributed by atoms with Crippen molar-refractivity contribution in [3.05, 3.63) is 23.8 Å². The van der Waals surface area contributed by atoms with Crippen molar-refractivity contribution in [3.63, 3.8) is 0 Å². The number of nitrogens with one attached hydrogen (secondary N) is 1. The molecule has 0 fully saturated rings. The van der Waals surface area contributed by atoms with Gasteiger partial charge in [-0.1, -0.05) is 13.0 Å². The number of fused-ring (bicyclic) bond motifs is 1. The fourth-order valence-electron chi connectivity index (χ4n) is 2.69. The van der Waals surface area contributed by atoms with Crippen LogP contribution < -0.4 is 15.0 Å². The third-order valence-corrected chi connectivity index (χ3v) is 3.65. The highest BCUT2D eigenvalue weighted by atomic mass is 16.6. The number of methoxy groups -OCH3 is 1. The van der Waals surface area contributed by atoms with E-state index in [2.05, 4.69) is 29.3 Å². The summed E-state index contributed by atoms with van der Waals surface area (Å²) in [5.74, 6) is 1.35. The van der Waals surface area contributed by atoms with Crippen LogP contribution in [0.25, 0.3) is 0 Å². The molecule has 1 atom stereocenters. The van der Waals surface area contributed by atoms with Gasteiger partial charge in [-0.05, 0) is 32.4 Å². The van der Waals surface area contributed by atoms with Crippen LogP contribution in [0.1, 0.15) is 39.2 Å². The minimum Gasteiger partial charge on any atom is -0.497 e. The van der Waals surface area contributed by atoms with Gasteiger partial charge in [0, 0.05) is 37.3 Å². The summed E-state index contributed by atoms with van der Waals surface area (Å²) >= 11 is 0. The van der Waals surface area contributed by atoms with Gasteiger partial charge in [-0.25, -0.2) is 4.79 Å². The molecular formula is C17H26N2O3. The Morgan fingerprint density at radius 3 is 2.77 bits per heavy atom. The fraction of sp³-hybridized carbons (Fsp3) is 0.588. The van der Waals surface area contributed by atoms with Crippen LogP contribution in [-0.2, 0) is 4.74 Å². The Hall–Kier alpha value is -1.91. The fourth-order valence-corrected chi connectivity index (χ4v) is 2.69. The van der Waals surface area contributed by atoms with Gasteiger partial charge in [0.2, 0.25) is 0 Å². The van der Waals surface area contributed by atoms with Gasteiger partial charge in [-0.3, -0.25) is 0 Å². The molecule has 1 aromatic carbocycles. The second kappa shape index (κ2) is 6.46. The second-order valence-corrected chi connectivity index (χ2v) is 6.70. The standard InChI is InChI=1S/C17H26N2O3/c1-12-11-19(9-8-18-16(20)22-17(2,3)4)15-10-13(21-5)6-7-14(12)15/h6-7,10,12H,8-9,11H2,1-5H3,(H,18,20).